The first-order valence-corrected chi connectivity index (χ1v) is 12.5. The Morgan fingerprint density at radius 1 is 0.861 bits per heavy atom. The number of carbonyl (C=O) groups is 2. The second-order valence-electron chi connectivity index (χ2n) is 9.28. The van der Waals surface area contributed by atoms with Gasteiger partial charge in [0, 0.05) is 5.39 Å². The number of fused-ring (bicyclic) bond motifs is 1. The molecule has 0 amide bonds. The van der Waals surface area contributed by atoms with Gasteiger partial charge in [-0.1, -0.05) is 79.6 Å². The van der Waals surface area contributed by atoms with E-state index in [0.29, 0.717) is 24.2 Å². The third kappa shape index (κ3) is 5.46. The molecule has 0 spiro atoms. The van der Waals surface area contributed by atoms with Crippen LogP contribution in [0, 0.1) is 5.92 Å². The number of hydrogen-bond donors (Lipinski definition) is 0. The van der Waals surface area contributed by atoms with E-state index in [9.17, 15) is 9.59 Å². The fraction of sp³-hybridized carbons (Fsp3) is 0.258. The fourth-order valence-electron chi connectivity index (χ4n) is 5.02. The highest BCUT2D eigenvalue weighted by Crippen LogP contribution is 2.39. The van der Waals surface area contributed by atoms with Crippen LogP contribution in [0.2, 0.25) is 0 Å². The van der Waals surface area contributed by atoms with E-state index >= 15 is 0 Å². The molecule has 1 heterocycles. The van der Waals surface area contributed by atoms with E-state index in [0.717, 1.165) is 47.8 Å². The zero-order valence-corrected chi connectivity index (χ0v) is 20.1. The van der Waals surface area contributed by atoms with Gasteiger partial charge < -0.3 is 9.47 Å². The van der Waals surface area contributed by atoms with Crippen molar-refractivity contribution in [2.75, 3.05) is 0 Å². The van der Waals surface area contributed by atoms with Crippen molar-refractivity contribution in [1.82, 2.24) is 4.98 Å². The van der Waals surface area contributed by atoms with Crippen molar-refractivity contribution in [1.29, 1.82) is 0 Å². The Hall–Kier alpha value is -3.99. The molecule has 2 atom stereocenters. The van der Waals surface area contributed by atoms with Gasteiger partial charge in [0.1, 0.15) is 12.4 Å². The number of aldehydes is 1. The molecule has 2 unspecified atom stereocenters. The average Bonchev–Trinajstić information content (AvgIpc) is 3.46. The molecule has 5 nitrogen and oxygen atoms in total. The zero-order valence-electron chi connectivity index (χ0n) is 20.1. The van der Waals surface area contributed by atoms with E-state index in [2.05, 4.69) is 4.98 Å². The third-order valence-electron chi connectivity index (χ3n) is 6.90. The SMILES string of the molecule is O=CC(OC(=O)C(c1ccc(OCc2ccc3ccccc3n2)cc1)C1CCCC1)c1ccccc1. The summed E-state index contributed by atoms with van der Waals surface area (Å²) in [5, 5.41) is 1.10. The molecule has 1 aliphatic carbocycles. The first-order valence-electron chi connectivity index (χ1n) is 12.5. The number of benzene rings is 3. The predicted molar refractivity (Wildman–Crippen MR) is 139 cm³/mol. The van der Waals surface area contributed by atoms with E-state index in [1.54, 1.807) is 12.1 Å². The van der Waals surface area contributed by atoms with Crippen molar-refractivity contribution >= 4 is 23.2 Å². The Labute approximate surface area is 211 Å². The highest BCUT2D eigenvalue weighted by atomic mass is 16.5. The van der Waals surface area contributed by atoms with Crippen LogP contribution in [0.5, 0.6) is 5.75 Å². The molecule has 4 aromatic rings. The monoisotopic (exact) mass is 479 g/mol. The molecule has 0 N–H and O–H groups in total. The summed E-state index contributed by atoms with van der Waals surface area (Å²) in [6.45, 7) is 0.358. The van der Waals surface area contributed by atoms with E-state index in [4.69, 9.17) is 9.47 Å². The Morgan fingerprint density at radius 2 is 1.58 bits per heavy atom. The summed E-state index contributed by atoms with van der Waals surface area (Å²) in [7, 11) is 0. The van der Waals surface area contributed by atoms with Gasteiger partial charge in [0.05, 0.1) is 17.1 Å². The van der Waals surface area contributed by atoms with E-state index in [1.165, 1.54) is 0 Å². The van der Waals surface area contributed by atoms with Gasteiger partial charge in [0.15, 0.2) is 12.4 Å². The lowest BCUT2D eigenvalue weighted by atomic mass is 9.85. The van der Waals surface area contributed by atoms with E-state index < -0.39 is 12.0 Å². The molecule has 1 aliphatic rings. The number of pyridine rings is 1. The lowest BCUT2D eigenvalue weighted by Gasteiger charge is -2.24. The van der Waals surface area contributed by atoms with Crippen molar-refractivity contribution in [2.45, 2.75) is 44.3 Å². The number of aromatic nitrogens is 1. The number of esters is 1. The maximum Gasteiger partial charge on any atom is 0.314 e. The van der Waals surface area contributed by atoms with E-state index in [-0.39, 0.29) is 11.9 Å². The second kappa shape index (κ2) is 11.2. The normalized spacial score (nSPS) is 15.3. The minimum absolute atomic E-state index is 0.203. The summed E-state index contributed by atoms with van der Waals surface area (Å²) < 4.78 is 11.7. The van der Waals surface area contributed by atoms with E-state index in [1.807, 2.05) is 78.9 Å². The lowest BCUT2D eigenvalue weighted by molar-refractivity contribution is -0.155. The second-order valence-corrected chi connectivity index (χ2v) is 9.28. The summed E-state index contributed by atoms with van der Waals surface area (Å²) in [5.41, 5.74) is 3.36. The number of nitrogens with zero attached hydrogens (tertiary/aromatic N) is 1. The summed E-state index contributed by atoms with van der Waals surface area (Å²) in [6, 6.07) is 28.8. The number of ether oxygens (including phenoxy) is 2. The quantitative estimate of drug-likeness (QED) is 0.201. The van der Waals surface area contributed by atoms with Crippen molar-refractivity contribution in [2.24, 2.45) is 5.92 Å². The smallest absolute Gasteiger partial charge is 0.314 e. The van der Waals surface area contributed by atoms with Gasteiger partial charge in [-0.15, -0.1) is 0 Å². The minimum atomic E-state index is -0.903. The molecule has 0 radical (unpaired) electrons. The van der Waals surface area contributed by atoms with Gasteiger partial charge in [-0.3, -0.25) is 9.59 Å². The summed E-state index contributed by atoms with van der Waals surface area (Å²) in [4.78, 5) is 29.7. The standard InChI is InChI=1S/C31H29NO4/c33-20-29(23-9-2-1-3-10-23)36-31(34)30(24-11-4-5-12-24)25-15-18-27(19-16-25)35-21-26-17-14-22-8-6-7-13-28(22)32-26/h1-3,6-10,13-20,24,29-30H,4-5,11-12,21H2. The molecule has 1 aromatic heterocycles. The van der Waals surface area contributed by atoms with Crippen LogP contribution in [0.15, 0.2) is 91.0 Å². The van der Waals surface area contributed by atoms with Crippen molar-refractivity contribution < 1.29 is 19.1 Å². The van der Waals surface area contributed by atoms with Crippen molar-refractivity contribution in [3.8, 4) is 5.75 Å². The molecule has 1 saturated carbocycles. The molecule has 5 rings (SSSR count). The van der Waals surface area contributed by atoms with Crippen molar-refractivity contribution in [3.63, 3.8) is 0 Å². The fourth-order valence-corrected chi connectivity index (χ4v) is 5.02. The van der Waals surface area contributed by atoms with Gasteiger partial charge in [-0.2, -0.15) is 0 Å². The van der Waals surface area contributed by atoms with Crippen LogP contribution in [-0.2, 0) is 20.9 Å². The van der Waals surface area contributed by atoms with Gasteiger partial charge in [0.2, 0.25) is 0 Å². The van der Waals surface area contributed by atoms with Crippen LogP contribution >= 0.6 is 0 Å². The van der Waals surface area contributed by atoms with Crippen LogP contribution < -0.4 is 4.74 Å². The zero-order chi connectivity index (χ0) is 24.7. The van der Waals surface area contributed by atoms with Gasteiger partial charge in [-0.05, 0) is 54.2 Å². The Bertz CT molecular complexity index is 1310. The van der Waals surface area contributed by atoms with Gasteiger partial charge in [-0.25, -0.2) is 4.98 Å². The largest absolute Gasteiger partial charge is 0.487 e. The van der Waals surface area contributed by atoms with Crippen molar-refractivity contribution in [3.05, 3.63) is 108 Å². The number of para-hydroxylation sites is 1. The minimum Gasteiger partial charge on any atom is -0.487 e. The first-order chi connectivity index (χ1) is 17.7. The summed E-state index contributed by atoms with van der Waals surface area (Å²) >= 11 is 0. The molecule has 3 aromatic carbocycles. The van der Waals surface area contributed by atoms with Crippen LogP contribution in [-0.4, -0.2) is 17.2 Å². The molecule has 1 fully saturated rings. The molecular formula is C31H29NO4. The summed E-state index contributed by atoms with van der Waals surface area (Å²) in [6.07, 6.45) is 3.94. The maximum absolute atomic E-state index is 13.4. The summed E-state index contributed by atoms with van der Waals surface area (Å²) in [5.74, 6) is 0.156. The topological polar surface area (TPSA) is 65.5 Å². The van der Waals surface area contributed by atoms with Crippen LogP contribution in [0.3, 0.4) is 0 Å². The molecule has 36 heavy (non-hydrogen) atoms. The number of carbonyl (C=O) groups excluding carboxylic acids is 2. The Kier molecular flexibility index (Phi) is 7.36. The predicted octanol–water partition coefficient (Wildman–Crippen LogP) is 6.57. The molecule has 182 valence electrons. The van der Waals surface area contributed by atoms with Crippen LogP contribution in [0.1, 0.15) is 54.5 Å². The number of rotatable bonds is 9. The highest BCUT2D eigenvalue weighted by Gasteiger charge is 2.34. The molecular weight excluding hydrogens is 450 g/mol. The average molecular weight is 480 g/mol. The van der Waals surface area contributed by atoms with Crippen LogP contribution in [0.25, 0.3) is 10.9 Å². The molecule has 0 aliphatic heterocycles. The van der Waals surface area contributed by atoms with Crippen LogP contribution in [0.4, 0.5) is 0 Å². The molecule has 0 saturated heterocycles. The third-order valence-corrected chi connectivity index (χ3v) is 6.90. The molecule has 5 heteroatoms. The lowest BCUT2D eigenvalue weighted by Crippen LogP contribution is -2.25. The maximum atomic E-state index is 13.4. The number of hydrogen-bond acceptors (Lipinski definition) is 5. The highest BCUT2D eigenvalue weighted by molar-refractivity contribution is 5.81. The Morgan fingerprint density at radius 3 is 2.33 bits per heavy atom. The Balaban J connectivity index is 1.29. The first kappa shape index (κ1) is 23.7. The van der Waals surface area contributed by atoms with Gasteiger partial charge >= 0.3 is 5.97 Å². The van der Waals surface area contributed by atoms with Gasteiger partial charge in [0.25, 0.3) is 0 Å². The molecule has 0 bridgehead atoms.